The van der Waals surface area contributed by atoms with Gasteiger partial charge in [0.05, 0.1) is 0 Å². The summed E-state index contributed by atoms with van der Waals surface area (Å²) in [6, 6.07) is 28.7. The van der Waals surface area contributed by atoms with E-state index in [1.807, 2.05) is 73.4 Å². The van der Waals surface area contributed by atoms with Crippen molar-refractivity contribution in [2.24, 2.45) is 9.98 Å². The van der Waals surface area contributed by atoms with E-state index in [1.165, 1.54) is 0 Å². The van der Waals surface area contributed by atoms with Gasteiger partial charge in [0.1, 0.15) is 0 Å². The van der Waals surface area contributed by atoms with Crippen LogP contribution in [0.15, 0.2) is 107 Å². The fraction of sp³-hybridized carbons (Fsp3) is 0.143. The first-order valence-electron chi connectivity index (χ1n) is 10.9. The number of hydrogen-bond donors (Lipinski definition) is 0. The average Bonchev–Trinajstić information content (AvgIpc) is 2.86. The molecule has 2 heterocycles. The zero-order valence-corrected chi connectivity index (χ0v) is 18.0. The molecule has 32 heavy (non-hydrogen) atoms. The summed E-state index contributed by atoms with van der Waals surface area (Å²) in [6.45, 7) is 1.42. The molecule has 0 aliphatic heterocycles. The molecule has 2 aromatic carbocycles. The molecule has 0 amide bonds. The van der Waals surface area contributed by atoms with Gasteiger partial charge >= 0.3 is 0 Å². The Bertz CT molecular complexity index is 1070. The molecule has 2 aromatic heterocycles. The molecule has 0 saturated heterocycles. The Kier molecular flexibility index (Phi) is 7.64. The highest BCUT2D eigenvalue weighted by atomic mass is 14.7. The van der Waals surface area contributed by atoms with Gasteiger partial charge in [-0.2, -0.15) is 0 Å². The van der Waals surface area contributed by atoms with E-state index in [0.717, 1.165) is 46.5 Å². The van der Waals surface area contributed by atoms with Gasteiger partial charge in [0, 0.05) is 73.3 Å². The second-order valence-electron chi connectivity index (χ2n) is 7.39. The summed E-state index contributed by atoms with van der Waals surface area (Å²) >= 11 is 0. The van der Waals surface area contributed by atoms with Crippen LogP contribution in [0.5, 0.6) is 0 Å². The molecule has 0 N–H and O–H groups in total. The lowest BCUT2D eigenvalue weighted by Gasteiger charge is -2.09. The van der Waals surface area contributed by atoms with E-state index in [4.69, 9.17) is 0 Å². The fourth-order valence-electron chi connectivity index (χ4n) is 3.49. The van der Waals surface area contributed by atoms with Crippen LogP contribution in [0.2, 0.25) is 0 Å². The summed E-state index contributed by atoms with van der Waals surface area (Å²) < 4.78 is 0. The van der Waals surface area contributed by atoms with Crippen molar-refractivity contribution in [3.8, 4) is 11.1 Å². The van der Waals surface area contributed by atoms with Crippen molar-refractivity contribution < 1.29 is 0 Å². The molecule has 0 fully saturated rings. The third-order valence-electron chi connectivity index (χ3n) is 5.12. The highest BCUT2D eigenvalue weighted by Crippen LogP contribution is 2.25. The second-order valence-corrected chi connectivity index (χ2v) is 7.39. The van der Waals surface area contributed by atoms with Crippen LogP contribution in [-0.4, -0.2) is 35.5 Å². The zero-order valence-electron chi connectivity index (χ0n) is 18.0. The molecule has 0 aliphatic carbocycles. The molecule has 4 aromatic rings. The standard InChI is InChI=1S/C28H26N4/c1-3-13-27(23(9-1)21-29-19-15-25-11-5-7-17-31-25)28-14-4-2-10-24(28)22-30-20-16-26-12-6-8-18-32-26/h1-14,17-18,21-22H,15-16,19-20H2. The van der Waals surface area contributed by atoms with E-state index in [0.29, 0.717) is 13.1 Å². The van der Waals surface area contributed by atoms with Gasteiger partial charge in [-0.1, -0.05) is 60.7 Å². The first kappa shape index (κ1) is 21.3. The number of rotatable bonds is 9. The lowest BCUT2D eigenvalue weighted by atomic mass is 9.96. The number of pyridine rings is 2. The first-order valence-corrected chi connectivity index (χ1v) is 10.9. The average molecular weight is 419 g/mol. The Balaban J connectivity index is 1.46. The number of aromatic nitrogens is 2. The van der Waals surface area contributed by atoms with Crippen LogP contribution in [0.3, 0.4) is 0 Å². The van der Waals surface area contributed by atoms with E-state index in [1.54, 1.807) is 0 Å². The minimum atomic E-state index is 0.710. The number of aliphatic imine (C=N–C) groups is 2. The SMILES string of the molecule is C(=NCCc1ccccn1)c1ccccc1-c1ccccc1C=NCCc1ccccn1. The largest absolute Gasteiger partial charge is 0.292 e. The molecule has 0 saturated carbocycles. The topological polar surface area (TPSA) is 50.5 Å². The van der Waals surface area contributed by atoms with Gasteiger partial charge in [0.25, 0.3) is 0 Å². The third kappa shape index (κ3) is 6.05. The molecule has 4 nitrogen and oxygen atoms in total. The normalized spacial score (nSPS) is 11.4. The Labute approximate surface area is 189 Å². The first-order chi connectivity index (χ1) is 15.9. The van der Waals surface area contributed by atoms with Crippen molar-refractivity contribution in [3.05, 3.63) is 120 Å². The number of benzene rings is 2. The van der Waals surface area contributed by atoms with Gasteiger partial charge < -0.3 is 0 Å². The van der Waals surface area contributed by atoms with Crippen molar-refractivity contribution >= 4 is 12.4 Å². The predicted octanol–water partition coefficient (Wildman–Crippen LogP) is 5.47. The summed E-state index contributed by atoms with van der Waals surface area (Å²) in [5, 5.41) is 0. The second kappa shape index (κ2) is 11.5. The van der Waals surface area contributed by atoms with Gasteiger partial charge in [-0.25, -0.2) is 0 Å². The van der Waals surface area contributed by atoms with E-state index in [2.05, 4.69) is 56.4 Å². The van der Waals surface area contributed by atoms with Crippen LogP contribution in [0, 0.1) is 0 Å². The van der Waals surface area contributed by atoms with Crippen molar-refractivity contribution in [1.29, 1.82) is 0 Å². The Hall–Kier alpha value is -3.92. The maximum atomic E-state index is 4.66. The van der Waals surface area contributed by atoms with E-state index in [9.17, 15) is 0 Å². The van der Waals surface area contributed by atoms with Gasteiger partial charge in [0.15, 0.2) is 0 Å². The van der Waals surface area contributed by atoms with Crippen LogP contribution in [-0.2, 0) is 12.8 Å². The molecular weight excluding hydrogens is 392 g/mol. The van der Waals surface area contributed by atoms with Gasteiger partial charge in [0.2, 0.25) is 0 Å². The predicted molar refractivity (Wildman–Crippen MR) is 133 cm³/mol. The molecule has 0 radical (unpaired) electrons. The fourth-order valence-corrected chi connectivity index (χ4v) is 3.49. The summed E-state index contributed by atoms with van der Waals surface area (Å²) in [6.07, 6.45) is 9.24. The molecule has 4 rings (SSSR count). The molecule has 0 spiro atoms. The van der Waals surface area contributed by atoms with Gasteiger partial charge in [-0.15, -0.1) is 0 Å². The lowest BCUT2D eigenvalue weighted by Crippen LogP contribution is -1.96. The Morgan fingerprint density at radius 2 is 0.969 bits per heavy atom. The van der Waals surface area contributed by atoms with E-state index < -0.39 is 0 Å². The molecule has 0 atom stereocenters. The quantitative estimate of drug-likeness (QED) is 0.339. The van der Waals surface area contributed by atoms with Crippen molar-refractivity contribution in [3.63, 3.8) is 0 Å². The summed E-state index contributed by atoms with van der Waals surface area (Å²) in [5.74, 6) is 0. The third-order valence-corrected chi connectivity index (χ3v) is 5.12. The molecule has 0 unspecified atom stereocenters. The lowest BCUT2D eigenvalue weighted by molar-refractivity contribution is 0.927. The van der Waals surface area contributed by atoms with Crippen LogP contribution in [0.4, 0.5) is 0 Å². The molecule has 158 valence electrons. The number of nitrogens with zero attached hydrogens (tertiary/aromatic N) is 4. The highest BCUT2D eigenvalue weighted by molar-refractivity contribution is 5.96. The minimum Gasteiger partial charge on any atom is -0.292 e. The van der Waals surface area contributed by atoms with Gasteiger partial charge in [-0.05, 0) is 35.4 Å². The maximum Gasteiger partial charge on any atom is 0.0445 e. The van der Waals surface area contributed by atoms with Crippen LogP contribution < -0.4 is 0 Å². The smallest absolute Gasteiger partial charge is 0.0445 e. The summed E-state index contributed by atoms with van der Waals surface area (Å²) in [7, 11) is 0. The van der Waals surface area contributed by atoms with Gasteiger partial charge in [-0.3, -0.25) is 20.0 Å². The van der Waals surface area contributed by atoms with Crippen molar-refractivity contribution in [2.75, 3.05) is 13.1 Å². The Morgan fingerprint density at radius 1 is 0.531 bits per heavy atom. The zero-order chi connectivity index (χ0) is 21.8. The molecule has 0 aliphatic rings. The summed E-state index contributed by atoms with van der Waals surface area (Å²) in [5.41, 5.74) is 6.63. The minimum absolute atomic E-state index is 0.710. The monoisotopic (exact) mass is 418 g/mol. The maximum absolute atomic E-state index is 4.66. The Morgan fingerprint density at radius 3 is 1.41 bits per heavy atom. The van der Waals surface area contributed by atoms with Crippen LogP contribution in [0.25, 0.3) is 11.1 Å². The summed E-state index contributed by atoms with van der Waals surface area (Å²) in [4.78, 5) is 18.0. The molecule has 0 bridgehead atoms. The van der Waals surface area contributed by atoms with Crippen molar-refractivity contribution in [2.45, 2.75) is 12.8 Å². The van der Waals surface area contributed by atoms with Crippen LogP contribution >= 0.6 is 0 Å². The van der Waals surface area contributed by atoms with Crippen molar-refractivity contribution in [1.82, 2.24) is 9.97 Å². The van der Waals surface area contributed by atoms with E-state index >= 15 is 0 Å². The molecule has 4 heteroatoms. The highest BCUT2D eigenvalue weighted by Gasteiger charge is 2.06. The van der Waals surface area contributed by atoms with E-state index in [-0.39, 0.29) is 0 Å². The molecular formula is C28H26N4. The number of hydrogen-bond acceptors (Lipinski definition) is 4. The van der Waals surface area contributed by atoms with Crippen LogP contribution in [0.1, 0.15) is 22.5 Å².